The van der Waals surface area contributed by atoms with E-state index in [0.717, 1.165) is 12.0 Å². The third-order valence-electron chi connectivity index (χ3n) is 5.48. The Labute approximate surface area is 187 Å². The van der Waals surface area contributed by atoms with Gasteiger partial charge in [0.05, 0.1) is 12.6 Å². The highest BCUT2D eigenvalue weighted by Gasteiger charge is 2.16. The summed E-state index contributed by atoms with van der Waals surface area (Å²) in [6.45, 7) is 6.53. The molecule has 0 saturated carbocycles. The average molecular weight is 429 g/mol. The fourth-order valence-electron chi connectivity index (χ4n) is 3.64. The van der Waals surface area contributed by atoms with Gasteiger partial charge in [-0.15, -0.1) is 0 Å². The van der Waals surface area contributed by atoms with Crippen molar-refractivity contribution in [3.63, 3.8) is 0 Å². The Kier molecular flexibility index (Phi) is 11.3. The molecule has 0 fully saturated rings. The van der Waals surface area contributed by atoms with Crippen molar-refractivity contribution in [1.29, 1.82) is 0 Å². The Hall–Kier alpha value is -2.21. The van der Waals surface area contributed by atoms with Gasteiger partial charge in [-0.1, -0.05) is 95.1 Å². The van der Waals surface area contributed by atoms with E-state index in [1.54, 1.807) is 0 Å². The number of carbonyl (C=O) groups is 1. The van der Waals surface area contributed by atoms with Gasteiger partial charge in [0, 0.05) is 5.56 Å². The minimum atomic E-state index is -0.518. The SMILES string of the molecule is CCCCCCCCCCc1ccc(-c2noc(CNC(=O)[C@@H](N)CC(C)C)n2)cc1. The lowest BCUT2D eigenvalue weighted by Gasteiger charge is -2.12. The molecule has 0 aliphatic heterocycles. The molecule has 6 heteroatoms. The van der Waals surface area contributed by atoms with Crippen molar-refractivity contribution in [2.75, 3.05) is 0 Å². The van der Waals surface area contributed by atoms with Crippen molar-refractivity contribution in [2.45, 2.75) is 97.6 Å². The zero-order valence-corrected chi connectivity index (χ0v) is 19.5. The number of unbranched alkanes of at least 4 members (excludes halogenated alkanes) is 7. The zero-order valence-electron chi connectivity index (χ0n) is 19.5. The fourth-order valence-corrected chi connectivity index (χ4v) is 3.64. The number of aromatic nitrogens is 2. The van der Waals surface area contributed by atoms with E-state index in [1.807, 2.05) is 26.0 Å². The van der Waals surface area contributed by atoms with E-state index in [9.17, 15) is 4.79 Å². The van der Waals surface area contributed by atoms with Gasteiger partial charge in [0.25, 0.3) is 0 Å². The van der Waals surface area contributed by atoms with Crippen LogP contribution in [-0.4, -0.2) is 22.1 Å². The van der Waals surface area contributed by atoms with Gasteiger partial charge in [0.2, 0.25) is 17.6 Å². The second-order valence-electron chi connectivity index (χ2n) is 8.89. The van der Waals surface area contributed by atoms with Crippen LogP contribution in [0.2, 0.25) is 0 Å². The molecule has 31 heavy (non-hydrogen) atoms. The minimum Gasteiger partial charge on any atom is -0.346 e. The first kappa shape index (κ1) is 25.1. The van der Waals surface area contributed by atoms with Crippen LogP contribution >= 0.6 is 0 Å². The largest absolute Gasteiger partial charge is 0.346 e. The number of rotatable bonds is 15. The maximum Gasteiger partial charge on any atom is 0.246 e. The molecular formula is C25H40N4O2. The van der Waals surface area contributed by atoms with E-state index in [-0.39, 0.29) is 12.5 Å². The van der Waals surface area contributed by atoms with Gasteiger partial charge >= 0.3 is 0 Å². The number of carbonyl (C=O) groups excluding carboxylic acids is 1. The van der Waals surface area contributed by atoms with Crippen molar-refractivity contribution in [2.24, 2.45) is 11.7 Å². The molecule has 0 spiro atoms. The van der Waals surface area contributed by atoms with Crippen LogP contribution < -0.4 is 11.1 Å². The Morgan fingerprint density at radius 3 is 2.32 bits per heavy atom. The quantitative estimate of drug-likeness (QED) is 0.370. The summed E-state index contributed by atoms with van der Waals surface area (Å²) >= 11 is 0. The van der Waals surface area contributed by atoms with Gasteiger partial charge in [0.15, 0.2) is 0 Å². The molecule has 1 aromatic carbocycles. The number of nitrogens with one attached hydrogen (secondary N) is 1. The van der Waals surface area contributed by atoms with Crippen LogP contribution in [0.25, 0.3) is 11.4 Å². The van der Waals surface area contributed by atoms with Gasteiger partial charge < -0.3 is 15.6 Å². The van der Waals surface area contributed by atoms with E-state index in [4.69, 9.17) is 10.3 Å². The van der Waals surface area contributed by atoms with Gasteiger partial charge in [-0.25, -0.2) is 0 Å². The summed E-state index contributed by atoms with van der Waals surface area (Å²) in [5.41, 5.74) is 8.14. The van der Waals surface area contributed by atoms with Crippen LogP contribution in [-0.2, 0) is 17.8 Å². The van der Waals surface area contributed by atoms with Crippen LogP contribution in [0.5, 0.6) is 0 Å². The highest BCUT2D eigenvalue weighted by Crippen LogP contribution is 2.18. The van der Waals surface area contributed by atoms with Crippen molar-refractivity contribution in [3.8, 4) is 11.4 Å². The molecule has 0 saturated heterocycles. The predicted octanol–water partition coefficient (Wildman–Crippen LogP) is 5.41. The van der Waals surface area contributed by atoms with Crippen LogP contribution in [0.15, 0.2) is 28.8 Å². The standard InChI is InChI=1S/C25H40N4O2/c1-4-5-6-7-8-9-10-11-12-20-13-15-21(16-14-20)24-28-23(31-29-24)18-27-25(30)22(26)17-19(2)3/h13-16,19,22H,4-12,17-18,26H2,1-3H3,(H,27,30)/t22-/m0/s1. The number of nitrogens with zero attached hydrogens (tertiary/aromatic N) is 2. The van der Waals surface area contributed by atoms with Crippen molar-refractivity contribution < 1.29 is 9.32 Å². The lowest BCUT2D eigenvalue weighted by atomic mass is 10.0. The number of hydrogen-bond donors (Lipinski definition) is 2. The van der Waals surface area contributed by atoms with Crippen LogP contribution in [0.1, 0.15) is 90.0 Å². The maximum atomic E-state index is 12.0. The van der Waals surface area contributed by atoms with E-state index < -0.39 is 6.04 Å². The first-order valence-electron chi connectivity index (χ1n) is 11.9. The summed E-state index contributed by atoms with van der Waals surface area (Å²) in [5.74, 6) is 1.09. The molecule has 172 valence electrons. The van der Waals surface area contributed by atoms with Crippen LogP contribution in [0.4, 0.5) is 0 Å². The monoisotopic (exact) mass is 428 g/mol. The van der Waals surface area contributed by atoms with Gasteiger partial charge in [-0.3, -0.25) is 4.79 Å². The van der Waals surface area contributed by atoms with E-state index in [0.29, 0.717) is 24.1 Å². The topological polar surface area (TPSA) is 94.0 Å². The fraction of sp³-hybridized carbons (Fsp3) is 0.640. The van der Waals surface area contributed by atoms with Crippen molar-refractivity contribution in [3.05, 3.63) is 35.7 Å². The third-order valence-corrected chi connectivity index (χ3v) is 5.48. The van der Waals surface area contributed by atoms with E-state index in [2.05, 4.69) is 34.5 Å². The normalized spacial score (nSPS) is 12.3. The number of nitrogens with two attached hydrogens (primary N) is 1. The van der Waals surface area contributed by atoms with E-state index >= 15 is 0 Å². The Morgan fingerprint density at radius 1 is 1.03 bits per heavy atom. The molecule has 1 atom stereocenters. The molecule has 1 aromatic heterocycles. The molecule has 0 aliphatic carbocycles. The predicted molar refractivity (Wildman–Crippen MR) is 125 cm³/mol. The zero-order chi connectivity index (χ0) is 22.5. The summed E-state index contributed by atoms with van der Waals surface area (Å²) in [6, 6.07) is 7.83. The van der Waals surface area contributed by atoms with E-state index in [1.165, 1.54) is 56.9 Å². The summed E-state index contributed by atoms with van der Waals surface area (Å²) in [7, 11) is 0. The van der Waals surface area contributed by atoms with Crippen LogP contribution in [0.3, 0.4) is 0 Å². The van der Waals surface area contributed by atoms with Crippen molar-refractivity contribution >= 4 is 5.91 Å². The first-order chi connectivity index (χ1) is 15.0. The van der Waals surface area contributed by atoms with Crippen LogP contribution in [0, 0.1) is 5.92 Å². The summed E-state index contributed by atoms with van der Waals surface area (Å²) in [4.78, 5) is 16.4. The highest BCUT2D eigenvalue weighted by atomic mass is 16.5. The molecule has 0 aliphatic rings. The number of aryl methyl sites for hydroxylation is 1. The number of amides is 1. The second-order valence-corrected chi connectivity index (χ2v) is 8.89. The van der Waals surface area contributed by atoms with Crippen molar-refractivity contribution in [1.82, 2.24) is 15.5 Å². The summed E-state index contributed by atoms with van der Waals surface area (Å²) < 4.78 is 5.27. The Morgan fingerprint density at radius 2 is 1.68 bits per heavy atom. The average Bonchev–Trinajstić information content (AvgIpc) is 3.23. The highest BCUT2D eigenvalue weighted by molar-refractivity contribution is 5.81. The molecule has 0 unspecified atom stereocenters. The molecule has 2 rings (SSSR count). The lowest BCUT2D eigenvalue weighted by Crippen LogP contribution is -2.41. The molecule has 2 aromatic rings. The second kappa shape index (κ2) is 14.0. The Bertz CT molecular complexity index is 755. The molecule has 3 N–H and O–H groups in total. The number of hydrogen-bond acceptors (Lipinski definition) is 5. The molecule has 0 bridgehead atoms. The van der Waals surface area contributed by atoms with Gasteiger partial charge in [-0.2, -0.15) is 4.98 Å². The molecule has 6 nitrogen and oxygen atoms in total. The summed E-state index contributed by atoms with van der Waals surface area (Å²) in [6.07, 6.45) is 12.4. The molecule has 0 radical (unpaired) electrons. The first-order valence-corrected chi connectivity index (χ1v) is 11.9. The maximum absolute atomic E-state index is 12.0. The number of benzene rings is 1. The lowest BCUT2D eigenvalue weighted by molar-refractivity contribution is -0.123. The smallest absolute Gasteiger partial charge is 0.246 e. The minimum absolute atomic E-state index is 0.189. The van der Waals surface area contributed by atoms with Gasteiger partial charge in [-0.05, 0) is 30.7 Å². The molecule has 1 heterocycles. The summed E-state index contributed by atoms with van der Waals surface area (Å²) in [5, 5.41) is 6.80. The Balaban J connectivity index is 1.72. The third kappa shape index (κ3) is 9.64. The molecular weight excluding hydrogens is 388 g/mol. The van der Waals surface area contributed by atoms with Gasteiger partial charge in [0.1, 0.15) is 0 Å². The molecule has 1 amide bonds.